The number of nitrogens with one attached hydrogen (secondary N) is 1. The van der Waals surface area contributed by atoms with Gasteiger partial charge in [0.1, 0.15) is 0 Å². The minimum Gasteiger partial charge on any atom is -0.377 e. The van der Waals surface area contributed by atoms with Crippen molar-refractivity contribution in [2.45, 2.75) is 53.1 Å². The highest BCUT2D eigenvalue weighted by atomic mass is 16.2. The highest BCUT2D eigenvalue weighted by molar-refractivity contribution is 5.92. The summed E-state index contributed by atoms with van der Waals surface area (Å²) in [5, 5.41) is 2.95. The first-order valence-corrected chi connectivity index (χ1v) is 9.12. The molecule has 0 aliphatic heterocycles. The van der Waals surface area contributed by atoms with E-state index in [1.54, 1.807) is 0 Å². The van der Waals surface area contributed by atoms with Gasteiger partial charge in [0.05, 0.1) is 0 Å². The number of rotatable bonds is 7. The summed E-state index contributed by atoms with van der Waals surface area (Å²) in [5.41, 5.74) is 2.90. The second-order valence-corrected chi connectivity index (χ2v) is 7.72. The van der Waals surface area contributed by atoms with Gasteiger partial charge in [0, 0.05) is 49.9 Å². The van der Waals surface area contributed by atoms with E-state index < -0.39 is 0 Å². The Morgan fingerprint density at radius 1 is 1.16 bits per heavy atom. The molecule has 0 aromatic heterocycles. The van der Waals surface area contributed by atoms with E-state index in [4.69, 9.17) is 0 Å². The summed E-state index contributed by atoms with van der Waals surface area (Å²) in [4.78, 5) is 28.6. The zero-order chi connectivity index (χ0) is 18.7. The Morgan fingerprint density at radius 2 is 1.80 bits per heavy atom. The number of hydrogen-bond donors (Lipinski definition) is 1. The molecule has 1 aromatic rings. The molecule has 5 heteroatoms. The molecule has 0 radical (unpaired) electrons. The van der Waals surface area contributed by atoms with Gasteiger partial charge in [-0.3, -0.25) is 9.59 Å². The Hall–Kier alpha value is -2.04. The molecule has 1 N–H and O–H groups in total. The molecule has 1 aliphatic carbocycles. The normalized spacial score (nSPS) is 13.9. The maximum atomic E-state index is 12.6. The molecule has 0 unspecified atom stereocenters. The predicted octanol–water partition coefficient (Wildman–Crippen LogP) is 3.49. The van der Waals surface area contributed by atoms with Gasteiger partial charge in [-0.25, -0.2) is 0 Å². The maximum absolute atomic E-state index is 12.6. The largest absolute Gasteiger partial charge is 0.377 e. The second-order valence-electron chi connectivity index (χ2n) is 7.72. The van der Waals surface area contributed by atoms with Crippen LogP contribution in [0, 0.1) is 11.8 Å². The Balaban J connectivity index is 2.28. The molecule has 2 rings (SSSR count). The molecule has 0 saturated heterocycles. The van der Waals surface area contributed by atoms with Crippen LogP contribution in [0.3, 0.4) is 0 Å². The molecule has 0 bridgehead atoms. The lowest BCUT2D eigenvalue weighted by Crippen LogP contribution is -2.37. The lowest BCUT2D eigenvalue weighted by molar-refractivity contribution is -0.135. The third-order valence-corrected chi connectivity index (χ3v) is 4.53. The molecule has 0 heterocycles. The minimum absolute atomic E-state index is 0.00155. The smallest absolute Gasteiger partial charge is 0.226 e. The first kappa shape index (κ1) is 19.3. The van der Waals surface area contributed by atoms with Gasteiger partial charge in [-0.1, -0.05) is 13.8 Å². The summed E-state index contributed by atoms with van der Waals surface area (Å²) in [5.74, 6) is 0.379. The van der Waals surface area contributed by atoms with Crippen LogP contribution in [0.1, 0.15) is 46.1 Å². The number of carbonyl (C=O) groups is 2. The number of nitrogens with zero attached hydrogens (tertiary/aromatic N) is 2. The SMILES string of the molecule is CC(C)C(=O)Nc1ccc(N(C)C)c(CN(C(=O)C2CC2)C(C)C)c1. The molecule has 0 atom stereocenters. The molecule has 1 fully saturated rings. The minimum atomic E-state index is -0.0689. The molecule has 1 saturated carbocycles. The number of benzene rings is 1. The van der Waals surface area contributed by atoms with Crippen LogP contribution in [0.4, 0.5) is 11.4 Å². The van der Waals surface area contributed by atoms with E-state index in [2.05, 4.69) is 19.2 Å². The fraction of sp³-hybridized carbons (Fsp3) is 0.600. The van der Waals surface area contributed by atoms with Crippen LogP contribution in [0.5, 0.6) is 0 Å². The van der Waals surface area contributed by atoms with Gasteiger partial charge >= 0.3 is 0 Å². The summed E-state index contributed by atoms with van der Waals surface area (Å²) >= 11 is 0. The van der Waals surface area contributed by atoms with Crippen LogP contribution in [0.25, 0.3) is 0 Å². The summed E-state index contributed by atoms with van der Waals surface area (Å²) in [7, 11) is 3.99. The fourth-order valence-corrected chi connectivity index (χ4v) is 2.78. The van der Waals surface area contributed by atoms with E-state index in [1.807, 2.05) is 55.9 Å². The van der Waals surface area contributed by atoms with Crippen molar-refractivity contribution < 1.29 is 9.59 Å². The topological polar surface area (TPSA) is 52.7 Å². The number of anilines is 2. The lowest BCUT2D eigenvalue weighted by Gasteiger charge is -2.29. The first-order chi connectivity index (χ1) is 11.7. The van der Waals surface area contributed by atoms with E-state index in [0.717, 1.165) is 29.8 Å². The van der Waals surface area contributed by atoms with E-state index in [9.17, 15) is 9.59 Å². The monoisotopic (exact) mass is 345 g/mol. The van der Waals surface area contributed by atoms with Gasteiger partial charge in [0.2, 0.25) is 11.8 Å². The molecule has 2 amide bonds. The van der Waals surface area contributed by atoms with E-state index >= 15 is 0 Å². The average molecular weight is 345 g/mol. The Bertz CT molecular complexity index is 634. The van der Waals surface area contributed by atoms with Crippen molar-refractivity contribution in [2.24, 2.45) is 11.8 Å². The molecule has 138 valence electrons. The van der Waals surface area contributed by atoms with Crippen LogP contribution in [-0.4, -0.2) is 36.9 Å². The van der Waals surface area contributed by atoms with Gasteiger partial charge in [0.25, 0.3) is 0 Å². The third-order valence-electron chi connectivity index (χ3n) is 4.53. The van der Waals surface area contributed by atoms with Crippen molar-refractivity contribution in [3.05, 3.63) is 23.8 Å². The van der Waals surface area contributed by atoms with Crippen molar-refractivity contribution in [1.82, 2.24) is 4.90 Å². The molecule has 25 heavy (non-hydrogen) atoms. The predicted molar refractivity (Wildman–Crippen MR) is 103 cm³/mol. The summed E-state index contributed by atoms with van der Waals surface area (Å²) in [6, 6.07) is 6.06. The second kappa shape index (κ2) is 7.89. The van der Waals surface area contributed by atoms with Crippen molar-refractivity contribution in [2.75, 3.05) is 24.3 Å². The Kier molecular flexibility index (Phi) is 6.09. The fourth-order valence-electron chi connectivity index (χ4n) is 2.78. The van der Waals surface area contributed by atoms with Gasteiger partial charge in [-0.15, -0.1) is 0 Å². The maximum Gasteiger partial charge on any atom is 0.226 e. The summed E-state index contributed by atoms with van der Waals surface area (Å²) < 4.78 is 0. The van der Waals surface area contributed by atoms with Gasteiger partial charge < -0.3 is 15.1 Å². The average Bonchev–Trinajstić information content (AvgIpc) is 3.36. The van der Waals surface area contributed by atoms with Crippen molar-refractivity contribution >= 4 is 23.2 Å². The van der Waals surface area contributed by atoms with E-state index in [1.165, 1.54) is 0 Å². The lowest BCUT2D eigenvalue weighted by atomic mass is 10.1. The molecule has 1 aliphatic rings. The summed E-state index contributed by atoms with van der Waals surface area (Å²) in [6.45, 7) is 8.42. The standard InChI is InChI=1S/C20H31N3O2/c1-13(2)19(24)21-17-9-10-18(22(5)6)16(11-17)12-23(14(3)4)20(25)15-7-8-15/h9-11,13-15H,7-8,12H2,1-6H3,(H,21,24). The molecule has 5 nitrogen and oxygen atoms in total. The van der Waals surface area contributed by atoms with Gasteiger partial charge in [-0.05, 0) is 50.5 Å². The molecular weight excluding hydrogens is 314 g/mol. The number of carbonyl (C=O) groups excluding carboxylic acids is 2. The highest BCUT2D eigenvalue weighted by Gasteiger charge is 2.34. The molecule has 1 aromatic carbocycles. The quantitative estimate of drug-likeness (QED) is 0.823. The van der Waals surface area contributed by atoms with Crippen LogP contribution < -0.4 is 10.2 Å². The van der Waals surface area contributed by atoms with E-state index in [-0.39, 0.29) is 29.7 Å². The van der Waals surface area contributed by atoms with Crippen molar-refractivity contribution in [1.29, 1.82) is 0 Å². The third kappa shape index (κ3) is 4.97. The van der Waals surface area contributed by atoms with Crippen molar-refractivity contribution in [3.8, 4) is 0 Å². The van der Waals surface area contributed by atoms with Crippen LogP contribution in [0.2, 0.25) is 0 Å². The van der Waals surface area contributed by atoms with Crippen LogP contribution in [-0.2, 0) is 16.1 Å². The molecule has 0 spiro atoms. The van der Waals surface area contributed by atoms with Crippen molar-refractivity contribution in [3.63, 3.8) is 0 Å². The number of hydrogen-bond acceptors (Lipinski definition) is 3. The number of amides is 2. The van der Waals surface area contributed by atoms with Gasteiger partial charge in [-0.2, -0.15) is 0 Å². The van der Waals surface area contributed by atoms with E-state index in [0.29, 0.717) is 6.54 Å². The summed E-state index contributed by atoms with van der Waals surface area (Å²) in [6.07, 6.45) is 2.01. The van der Waals surface area contributed by atoms with Crippen LogP contribution >= 0.6 is 0 Å². The molecular formula is C20H31N3O2. The Morgan fingerprint density at radius 3 is 2.28 bits per heavy atom. The zero-order valence-corrected chi connectivity index (χ0v) is 16.3. The highest BCUT2D eigenvalue weighted by Crippen LogP contribution is 2.33. The van der Waals surface area contributed by atoms with Crippen LogP contribution in [0.15, 0.2) is 18.2 Å². The van der Waals surface area contributed by atoms with Gasteiger partial charge in [0.15, 0.2) is 0 Å². The Labute approximate surface area is 151 Å². The first-order valence-electron chi connectivity index (χ1n) is 9.12. The zero-order valence-electron chi connectivity index (χ0n) is 16.3.